The van der Waals surface area contributed by atoms with Gasteiger partial charge in [0.2, 0.25) is 5.89 Å². The van der Waals surface area contributed by atoms with Gasteiger partial charge >= 0.3 is 0 Å². The third kappa shape index (κ3) is 2.34. The van der Waals surface area contributed by atoms with Gasteiger partial charge in [-0.1, -0.05) is 11.2 Å². The van der Waals surface area contributed by atoms with Crippen LogP contribution >= 0.6 is 0 Å². The molecule has 1 atom stereocenters. The molecule has 1 aliphatic rings. The predicted molar refractivity (Wildman–Crippen MR) is 61.3 cm³/mol. The SMILES string of the molecule is Cc1nc([C@H](NC2CC2)c2ccccn2)no1. The minimum absolute atomic E-state index is 0.0684. The van der Waals surface area contributed by atoms with Gasteiger partial charge in [0.25, 0.3) is 0 Å². The molecule has 2 aromatic heterocycles. The fourth-order valence-corrected chi connectivity index (χ4v) is 1.76. The maximum Gasteiger partial charge on any atom is 0.223 e. The second-order valence-electron chi connectivity index (χ2n) is 4.30. The molecule has 88 valence electrons. The summed E-state index contributed by atoms with van der Waals surface area (Å²) >= 11 is 0. The van der Waals surface area contributed by atoms with Crippen molar-refractivity contribution >= 4 is 0 Å². The van der Waals surface area contributed by atoms with E-state index in [0.717, 1.165) is 5.69 Å². The molecule has 0 saturated heterocycles. The van der Waals surface area contributed by atoms with Gasteiger partial charge in [-0.3, -0.25) is 10.3 Å². The first kappa shape index (κ1) is 10.4. The molecule has 1 N–H and O–H groups in total. The zero-order valence-electron chi connectivity index (χ0n) is 9.63. The molecule has 1 fully saturated rings. The van der Waals surface area contributed by atoms with Crippen molar-refractivity contribution in [1.82, 2.24) is 20.4 Å². The van der Waals surface area contributed by atoms with E-state index in [2.05, 4.69) is 20.4 Å². The molecule has 0 aromatic carbocycles. The standard InChI is InChI=1S/C12H14N4O/c1-8-14-12(16-17-8)11(15-9-5-6-9)10-4-2-3-7-13-10/h2-4,7,9,11,15H,5-6H2,1H3/t11-/m1/s1. The number of rotatable bonds is 4. The molecule has 2 aromatic rings. The number of hydrogen-bond acceptors (Lipinski definition) is 5. The van der Waals surface area contributed by atoms with Crippen LogP contribution in [0.1, 0.15) is 36.3 Å². The molecule has 17 heavy (non-hydrogen) atoms. The van der Waals surface area contributed by atoms with Gasteiger partial charge in [0.1, 0.15) is 6.04 Å². The van der Waals surface area contributed by atoms with Gasteiger partial charge in [-0.25, -0.2) is 0 Å². The average Bonchev–Trinajstić information content (AvgIpc) is 3.08. The Morgan fingerprint density at radius 2 is 2.29 bits per heavy atom. The van der Waals surface area contributed by atoms with Crippen LogP contribution in [0.4, 0.5) is 0 Å². The van der Waals surface area contributed by atoms with Crippen molar-refractivity contribution in [3.8, 4) is 0 Å². The van der Waals surface area contributed by atoms with Crippen LogP contribution in [0, 0.1) is 6.92 Å². The van der Waals surface area contributed by atoms with Gasteiger partial charge in [-0.15, -0.1) is 0 Å². The lowest BCUT2D eigenvalue weighted by Crippen LogP contribution is -2.26. The number of nitrogens with zero attached hydrogens (tertiary/aromatic N) is 3. The lowest BCUT2D eigenvalue weighted by Gasteiger charge is -2.13. The van der Waals surface area contributed by atoms with E-state index >= 15 is 0 Å². The molecule has 2 heterocycles. The molecular formula is C12H14N4O. The molecule has 3 rings (SSSR count). The maximum atomic E-state index is 5.04. The van der Waals surface area contributed by atoms with Gasteiger partial charge in [-0.2, -0.15) is 4.98 Å². The van der Waals surface area contributed by atoms with Crippen LogP contribution in [-0.2, 0) is 0 Å². The zero-order chi connectivity index (χ0) is 11.7. The molecule has 1 aliphatic carbocycles. The fourth-order valence-electron chi connectivity index (χ4n) is 1.76. The normalized spacial score (nSPS) is 17.0. The van der Waals surface area contributed by atoms with E-state index in [1.807, 2.05) is 18.2 Å². The molecule has 5 heteroatoms. The van der Waals surface area contributed by atoms with Crippen LogP contribution in [0.3, 0.4) is 0 Å². The molecule has 0 radical (unpaired) electrons. The Hall–Kier alpha value is -1.75. The highest BCUT2D eigenvalue weighted by Gasteiger charge is 2.29. The molecular weight excluding hydrogens is 216 g/mol. The van der Waals surface area contributed by atoms with Crippen molar-refractivity contribution < 1.29 is 4.52 Å². The Morgan fingerprint density at radius 3 is 2.88 bits per heavy atom. The molecule has 0 spiro atoms. The lowest BCUT2D eigenvalue weighted by molar-refractivity contribution is 0.380. The minimum atomic E-state index is -0.0684. The summed E-state index contributed by atoms with van der Waals surface area (Å²) in [6, 6.07) is 6.34. The second kappa shape index (κ2) is 4.25. The lowest BCUT2D eigenvalue weighted by atomic mass is 10.1. The molecule has 0 amide bonds. The van der Waals surface area contributed by atoms with Crippen molar-refractivity contribution in [1.29, 1.82) is 0 Å². The van der Waals surface area contributed by atoms with E-state index in [1.165, 1.54) is 12.8 Å². The number of aryl methyl sites for hydroxylation is 1. The first-order chi connectivity index (χ1) is 8.33. The van der Waals surface area contributed by atoms with E-state index < -0.39 is 0 Å². The van der Waals surface area contributed by atoms with Crippen LogP contribution in [0.25, 0.3) is 0 Å². The molecule has 0 unspecified atom stereocenters. The summed E-state index contributed by atoms with van der Waals surface area (Å²) in [5.41, 5.74) is 0.931. The van der Waals surface area contributed by atoms with E-state index in [4.69, 9.17) is 4.52 Å². The van der Waals surface area contributed by atoms with Crippen molar-refractivity contribution in [2.45, 2.75) is 31.8 Å². The first-order valence-corrected chi connectivity index (χ1v) is 5.80. The third-order valence-corrected chi connectivity index (χ3v) is 2.76. The van der Waals surface area contributed by atoms with Gasteiger partial charge in [0, 0.05) is 19.2 Å². The molecule has 0 bridgehead atoms. The van der Waals surface area contributed by atoms with Gasteiger partial charge < -0.3 is 4.52 Å². The number of hydrogen-bond donors (Lipinski definition) is 1. The summed E-state index contributed by atoms with van der Waals surface area (Å²) in [5.74, 6) is 1.24. The topological polar surface area (TPSA) is 63.8 Å². The Labute approximate surface area is 99.3 Å². The zero-order valence-corrected chi connectivity index (χ0v) is 9.63. The monoisotopic (exact) mass is 230 g/mol. The van der Waals surface area contributed by atoms with Crippen molar-refractivity contribution in [3.63, 3.8) is 0 Å². The quantitative estimate of drug-likeness (QED) is 0.864. The van der Waals surface area contributed by atoms with Gasteiger partial charge in [0.05, 0.1) is 5.69 Å². The highest BCUT2D eigenvalue weighted by molar-refractivity contribution is 5.17. The van der Waals surface area contributed by atoms with Crippen molar-refractivity contribution in [3.05, 3.63) is 41.8 Å². The summed E-state index contributed by atoms with van der Waals surface area (Å²) in [5, 5.41) is 7.47. The average molecular weight is 230 g/mol. The fraction of sp³-hybridized carbons (Fsp3) is 0.417. The number of pyridine rings is 1. The summed E-state index contributed by atoms with van der Waals surface area (Å²) in [6.45, 7) is 1.79. The highest BCUT2D eigenvalue weighted by atomic mass is 16.5. The van der Waals surface area contributed by atoms with E-state index in [1.54, 1.807) is 13.1 Å². The second-order valence-corrected chi connectivity index (χ2v) is 4.30. The molecule has 0 aliphatic heterocycles. The Morgan fingerprint density at radius 1 is 1.41 bits per heavy atom. The molecule has 5 nitrogen and oxygen atoms in total. The van der Waals surface area contributed by atoms with Crippen LogP contribution in [-0.4, -0.2) is 21.2 Å². The summed E-state index contributed by atoms with van der Waals surface area (Å²) in [4.78, 5) is 8.65. The summed E-state index contributed by atoms with van der Waals surface area (Å²) in [7, 11) is 0. The highest BCUT2D eigenvalue weighted by Crippen LogP contribution is 2.26. The van der Waals surface area contributed by atoms with Crippen LogP contribution < -0.4 is 5.32 Å². The summed E-state index contributed by atoms with van der Waals surface area (Å²) in [6.07, 6.45) is 4.20. The number of aromatic nitrogens is 3. The van der Waals surface area contributed by atoms with Gasteiger partial charge in [-0.05, 0) is 25.0 Å². The van der Waals surface area contributed by atoms with Crippen LogP contribution in [0.5, 0.6) is 0 Å². The van der Waals surface area contributed by atoms with E-state index in [9.17, 15) is 0 Å². The first-order valence-electron chi connectivity index (χ1n) is 5.80. The Kier molecular flexibility index (Phi) is 2.60. The van der Waals surface area contributed by atoms with Crippen molar-refractivity contribution in [2.24, 2.45) is 0 Å². The van der Waals surface area contributed by atoms with Gasteiger partial charge in [0.15, 0.2) is 5.82 Å². The summed E-state index contributed by atoms with van der Waals surface area (Å²) < 4.78 is 5.04. The largest absolute Gasteiger partial charge is 0.340 e. The van der Waals surface area contributed by atoms with E-state index in [0.29, 0.717) is 17.8 Å². The Bertz CT molecular complexity index is 492. The molecule has 1 saturated carbocycles. The van der Waals surface area contributed by atoms with E-state index in [-0.39, 0.29) is 6.04 Å². The minimum Gasteiger partial charge on any atom is -0.340 e. The van der Waals surface area contributed by atoms with Crippen LogP contribution in [0.15, 0.2) is 28.9 Å². The predicted octanol–water partition coefficient (Wildman–Crippen LogP) is 1.61. The van der Waals surface area contributed by atoms with Crippen LogP contribution in [0.2, 0.25) is 0 Å². The van der Waals surface area contributed by atoms with Crippen molar-refractivity contribution in [2.75, 3.05) is 0 Å². The smallest absolute Gasteiger partial charge is 0.223 e. The third-order valence-electron chi connectivity index (χ3n) is 2.76. The number of nitrogens with one attached hydrogen (secondary N) is 1. The maximum absolute atomic E-state index is 5.04. The Balaban J connectivity index is 1.91.